The van der Waals surface area contributed by atoms with Crippen molar-refractivity contribution in [2.45, 2.75) is 51.9 Å². The Morgan fingerprint density at radius 2 is 1.80 bits per heavy atom. The molecule has 0 bridgehead atoms. The van der Waals surface area contributed by atoms with Crippen LogP contribution in [0.15, 0.2) is 28.4 Å². The molecule has 1 aromatic rings. The number of benzene rings is 1. The Morgan fingerprint density at radius 3 is 2.47 bits per heavy atom. The van der Waals surface area contributed by atoms with E-state index in [4.69, 9.17) is 9.57 Å². The Labute approximate surface area is 173 Å². The highest BCUT2D eigenvalue weighted by molar-refractivity contribution is 6.33. The fourth-order valence-electron chi connectivity index (χ4n) is 4.18. The second kappa shape index (κ2) is 8.38. The number of anilines is 1. The molecule has 1 aliphatic heterocycles. The number of aryl methyl sites for hydroxylation is 1. The van der Waals surface area contributed by atoms with Crippen molar-refractivity contribution in [1.29, 1.82) is 0 Å². The molecular weight excluding hydrogens is 391 g/mol. The highest BCUT2D eigenvalue weighted by Gasteiger charge is 2.41. The first kappa shape index (κ1) is 20.3. The molecule has 158 valence electrons. The van der Waals surface area contributed by atoms with Crippen LogP contribution >= 0.6 is 0 Å². The summed E-state index contributed by atoms with van der Waals surface area (Å²) in [6.07, 6.45) is 4.06. The van der Waals surface area contributed by atoms with Gasteiger partial charge in [0.1, 0.15) is 12.4 Å². The van der Waals surface area contributed by atoms with Gasteiger partial charge in [0.15, 0.2) is 0 Å². The molecule has 8 heteroatoms. The maximum atomic E-state index is 14.8. The lowest BCUT2D eigenvalue weighted by Crippen LogP contribution is -2.32. The largest absolute Gasteiger partial charge is 0.466 e. The van der Waals surface area contributed by atoms with E-state index in [2.05, 4.69) is 5.16 Å². The average molecular weight is 414 g/mol. The van der Waals surface area contributed by atoms with Gasteiger partial charge >= 0.3 is 5.97 Å². The number of rotatable bonds is 6. The van der Waals surface area contributed by atoms with Crippen LogP contribution in [0.2, 0.25) is 0 Å². The van der Waals surface area contributed by atoms with Gasteiger partial charge in [-0.25, -0.2) is 9.29 Å². The van der Waals surface area contributed by atoms with Crippen molar-refractivity contribution in [3.8, 4) is 0 Å². The SMILES string of the molecule is CCOC(=O)CCON=C1CCc2cc(F)c(N3C(=O)C4=C(CCCC4)C3=O)cc21. The third kappa shape index (κ3) is 3.62. The number of oxime groups is 1. The Bertz CT molecular complexity index is 954. The number of carbonyl (C=O) groups excluding carboxylic acids is 3. The third-order valence-electron chi connectivity index (χ3n) is 5.62. The van der Waals surface area contributed by atoms with Crippen molar-refractivity contribution in [3.05, 3.63) is 40.2 Å². The monoisotopic (exact) mass is 414 g/mol. The molecule has 30 heavy (non-hydrogen) atoms. The van der Waals surface area contributed by atoms with Gasteiger partial charge in [-0.3, -0.25) is 14.4 Å². The molecule has 4 rings (SSSR count). The zero-order valence-electron chi connectivity index (χ0n) is 16.8. The summed E-state index contributed by atoms with van der Waals surface area (Å²) in [5.74, 6) is -1.80. The summed E-state index contributed by atoms with van der Waals surface area (Å²) in [4.78, 5) is 43.2. The highest BCUT2D eigenvalue weighted by atomic mass is 19.1. The lowest BCUT2D eigenvalue weighted by molar-refractivity contribution is -0.144. The van der Waals surface area contributed by atoms with E-state index in [9.17, 15) is 18.8 Å². The standard InChI is InChI=1S/C22H23FN2O5/c1-2-29-20(26)9-10-30-24-18-8-7-13-11-17(23)19(12-16(13)18)25-21(27)14-5-3-4-6-15(14)22(25)28/h11-12H,2-10H2,1H3. The Balaban J connectivity index is 1.55. The molecule has 0 unspecified atom stereocenters. The molecule has 1 heterocycles. The van der Waals surface area contributed by atoms with Gasteiger partial charge in [0.25, 0.3) is 11.8 Å². The number of amides is 2. The van der Waals surface area contributed by atoms with Crippen LogP contribution < -0.4 is 4.90 Å². The Kier molecular flexibility index (Phi) is 5.65. The second-order valence-corrected chi connectivity index (χ2v) is 7.50. The molecule has 7 nitrogen and oxygen atoms in total. The minimum absolute atomic E-state index is 0.0423. The topological polar surface area (TPSA) is 85.3 Å². The average Bonchev–Trinajstić information content (AvgIpc) is 3.23. The van der Waals surface area contributed by atoms with Gasteiger partial charge in [0.2, 0.25) is 0 Å². The van der Waals surface area contributed by atoms with E-state index in [1.807, 2.05) is 0 Å². The van der Waals surface area contributed by atoms with Crippen molar-refractivity contribution in [1.82, 2.24) is 0 Å². The van der Waals surface area contributed by atoms with Crippen molar-refractivity contribution in [2.75, 3.05) is 18.1 Å². The van der Waals surface area contributed by atoms with Gasteiger partial charge in [0, 0.05) is 16.7 Å². The number of esters is 1. The maximum Gasteiger partial charge on any atom is 0.309 e. The van der Waals surface area contributed by atoms with Crippen LogP contribution in [0.5, 0.6) is 0 Å². The summed E-state index contributed by atoms with van der Waals surface area (Å²) in [6, 6.07) is 2.88. The molecule has 2 aliphatic carbocycles. The summed E-state index contributed by atoms with van der Waals surface area (Å²) < 4.78 is 19.7. The van der Waals surface area contributed by atoms with Crippen LogP contribution in [0.3, 0.4) is 0 Å². The highest BCUT2D eigenvalue weighted by Crippen LogP contribution is 2.38. The summed E-state index contributed by atoms with van der Waals surface area (Å²) >= 11 is 0. The number of halogens is 1. The number of carbonyl (C=O) groups is 3. The minimum Gasteiger partial charge on any atom is -0.466 e. The summed E-state index contributed by atoms with van der Waals surface area (Å²) in [7, 11) is 0. The predicted octanol–water partition coefficient (Wildman–Crippen LogP) is 3.19. The van der Waals surface area contributed by atoms with E-state index < -0.39 is 17.6 Å². The van der Waals surface area contributed by atoms with Crippen LogP contribution in [0.25, 0.3) is 0 Å². The van der Waals surface area contributed by atoms with Crippen molar-refractivity contribution < 1.29 is 28.3 Å². The number of ether oxygens (including phenoxy) is 1. The van der Waals surface area contributed by atoms with Crippen molar-refractivity contribution in [2.24, 2.45) is 5.16 Å². The summed E-state index contributed by atoms with van der Waals surface area (Å²) in [6.45, 7) is 2.11. The van der Waals surface area contributed by atoms with Gasteiger partial charge in [-0.1, -0.05) is 5.16 Å². The number of hydrogen-bond donors (Lipinski definition) is 0. The molecule has 0 spiro atoms. The molecule has 2 amide bonds. The van der Waals surface area contributed by atoms with Crippen LogP contribution in [-0.4, -0.2) is 36.7 Å². The second-order valence-electron chi connectivity index (χ2n) is 7.50. The molecule has 0 saturated heterocycles. The van der Waals surface area contributed by atoms with Crippen LogP contribution in [-0.2, 0) is 30.4 Å². The molecule has 0 N–H and O–H groups in total. The van der Waals surface area contributed by atoms with Gasteiger partial charge in [-0.2, -0.15) is 0 Å². The Hall–Kier alpha value is -3.03. The van der Waals surface area contributed by atoms with E-state index >= 15 is 0 Å². The molecule has 0 radical (unpaired) electrons. The maximum absolute atomic E-state index is 14.8. The first-order chi connectivity index (χ1) is 14.5. The van der Waals surface area contributed by atoms with Gasteiger partial charge in [-0.15, -0.1) is 0 Å². The van der Waals surface area contributed by atoms with Crippen molar-refractivity contribution >= 4 is 29.2 Å². The molecule has 0 fully saturated rings. The first-order valence-electron chi connectivity index (χ1n) is 10.3. The molecule has 0 atom stereocenters. The number of fused-ring (bicyclic) bond motifs is 1. The summed E-state index contributed by atoms with van der Waals surface area (Å²) in [5, 5.41) is 4.09. The smallest absolute Gasteiger partial charge is 0.309 e. The predicted molar refractivity (Wildman–Crippen MR) is 106 cm³/mol. The van der Waals surface area contributed by atoms with Crippen LogP contribution in [0.1, 0.15) is 56.6 Å². The van der Waals surface area contributed by atoms with E-state index in [1.54, 1.807) is 6.92 Å². The van der Waals surface area contributed by atoms with E-state index in [0.717, 1.165) is 23.3 Å². The summed E-state index contributed by atoms with van der Waals surface area (Å²) in [5.41, 5.74) is 3.00. The number of nitrogens with zero attached hydrogens (tertiary/aromatic N) is 2. The lowest BCUT2D eigenvalue weighted by Gasteiger charge is -2.17. The van der Waals surface area contributed by atoms with E-state index in [-0.39, 0.29) is 24.7 Å². The fraction of sp³-hybridized carbons (Fsp3) is 0.455. The third-order valence-corrected chi connectivity index (χ3v) is 5.62. The van der Waals surface area contributed by atoms with Crippen molar-refractivity contribution in [3.63, 3.8) is 0 Å². The number of imide groups is 1. The first-order valence-corrected chi connectivity index (χ1v) is 10.3. The van der Waals surface area contributed by atoms with Crippen LogP contribution in [0, 0.1) is 5.82 Å². The zero-order chi connectivity index (χ0) is 21.3. The van der Waals surface area contributed by atoms with Crippen LogP contribution in [0.4, 0.5) is 10.1 Å². The Morgan fingerprint density at radius 1 is 1.10 bits per heavy atom. The van der Waals surface area contributed by atoms with E-state index in [0.29, 0.717) is 54.7 Å². The molecular formula is C22H23FN2O5. The number of hydrogen-bond acceptors (Lipinski definition) is 6. The van der Waals surface area contributed by atoms with Gasteiger partial charge < -0.3 is 9.57 Å². The fourth-order valence-corrected chi connectivity index (χ4v) is 4.18. The molecule has 3 aliphatic rings. The molecule has 0 saturated carbocycles. The van der Waals surface area contributed by atoms with E-state index in [1.165, 1.54) is 12.1 Å². The zero-order valence-corrected chi connectivity index (χ0v) is 16.8. The molecule has 0 aromatic heterocycles. The minimum atomic E-state index is -0.597. The normalized spacial score (nSPS) is 19.4. The lowest BCUT2D eigenvalue weighted by atomic mass is 9.93. The quantitative estimate of drug-likeness (QED) is 0.309. The van der Waals surface area contributed by atoms with Gasteiger partial charge in [-0.05, 0) is 63.1 Å². The molecule has 1 aromatic carbocycles. The van der Waals surface area contributed by atoms with Gasteiger partial charge in [0.05, 0.1) is 24.4 Å².